The van der Waals surface area contributed by atoms with Crippen LogP contribution in [-0.2, 0) is 20.9 Å². The molecule has 3 N–H and O–H groups in total. The number of carboxylic acid groups (broad SMARTS) is 1. The van der Waals surface area contributed by atoms with Crippen molar-refractivity contribution >= 4 is 18.0 Å². The first kappa shape index (κ1) is 27.0. The maximum atomic E-state index is 13.3. The first-order valence-corrected chi connectivity index (χ1v) is 14.2. The Kier molecular flexibility index (Phi) is 7.26. The van der Waals surface area contributed by atoms with Crippen LogP contribution in [0.1, 0.15) is 41.9 Å². The molecular formula is C33H35N3O5. The first-order chi connectivity index (χ1) is 19.8. The largest absolute Gasteiger partial charge is 0.480 e. The Hall–Kier alpha value is -4.17. The van der Waals surface area contributed by atoms with Gasteiger partial charge in [0, 0.05) is 25.0 Å². The number of carboxylic acids is 1. The van der Waals surface area contributed by atoms with Gasteiger partial charge in [0.2, 0.25) is 5.91 Å². The molecule has 0 spiro atoms. The number of alkyl carbamates (subject to hydrolysis) is 1. The van der Waals surface area contributed by atoms with E-state index >= 15 is 0 Å². The Bertz CT molecular complexity index is 1410. The summed E-state index contributed by atoms with van der Waals surface area (Å²) in [6, 6.07) is 25.0. The molecule has 0 bridgehead atoms. The predicted octanol–water partition coefficient (Wildman–Crippen LogP) is 4.40. The number of ether oxygens (including phenoxy) is 1. The Morgan fingerprint density at radius 2 is 1.59 bits per heavy atom. The molecule has 4 atom stereocenters. The van der Waals surface area contributed by atoms with Gasteiger partial charge in [0.25, 0.3) is 0 Å². The molecule has 3 aromatic rings. The third-order valence-corrected chi connectivity index (χ3v) is 8.92. The summed E-state index contributed by atoms with van der Waals surface area (Å²) in [6.07, 6.45) is 1.40. The minimum Gasteiger partial charge on any atom is -0.480 e. The zero-order valence-electron chi connectivity index (χ0n) is 23.1. The van der Waals surface area contributed by atoms with Crippen LogP contribution in [0.5, 0.6) is 0 Å². The van der Waals surface area contributed by atoms with E-state index in [0.29, 0.717) is 25.8 Å². The highest BCUT2D eigenvalue weighted by Gasteiger charge is 2.65. The molecule has 6 rings (SSSR count). The molecule has 0 saturated heterocycles. The van der Waals surface area contributed by atoms with Gasteiger partial charge in [-0.25, -0.2) is 9.59 Å². The van der Waals surface area contributed by atoms with Crippen molar-refractivity contribution in [3.63, 3.8) is 0 Å². The lowest BCUT2D eigenvalue weighted by Gasteiger charge is -2.24. The van der Waals surface area contributed by atoms with E-state index in [4.69, 9.17) is 4.74 Å². The number of hydrogen-bond acceptors (Lipinski definition) is 5. The van der Waals surface area contributed by atoms with Crippen LogP contribution in [0.4, 0.5) is 4.79 Å². The quantitative estimate of drug-likeness (QED) is 0.344. The number of nitrogens with one attached hydrogen (secondary N) is 2. The third-order valence-electron chi connectivity index (χ3n) is 8.92. The monoisotopic (exact) mass is 553 g/mol. The number of carbonyl (C=O) groups excluding carboxylic acids is 2. The average molecular weight is 554 g/mol. The molecule has 8 heteroatoms. The topological polar surface area (TPSA) is 108 Å². The number of benzene rings is 3. The number of fused-ring (bicyclic) bond motifs is 4. The molecule has 2 amide bonds. The number of nitrogens with zero attached hydrogens (tertiary/aromatic N) is 1. The molecule has 3 aromatic carbocycles. The maximum absolute atomic E-state index is 13.3. The van der Waals surface area contributed by atoms with Crippen LogP contribution in [-0.4, -0.2) is 60.3 Å². The second-order valence-electron chi connectivity index (χ2n) is 11.7. The van der Waals surface area contributed by atoms with Crippen LogP contribution in [0.3, 0.4) is 0 Å². The molecule has 3 aliphatic carbocycles. The Morgan fingerprint density at radius 3 is 2.24 bits per heavy atom. The van der Waals surface area contributed by atoms with Gasteiger partial charge in [-0.15, -0.1) is 0 Å². The summed E-state index contributed by atoms with van der Waals surface area (Å²) in [6.45, 7) is 1.01. The van der Waals surface area contributed by atoms with Gasteiger partial charge in [0.15, 0.2) is 0 Å². The summed E-state index contributed by atoms with van der Waals surface area (Å²) in [5.41, 5.74) is 5.11. The maximum Gasteiger partial charge on any atom is 0.407 e. The molecule has 0 aromatic heterocycles. The van der Waals surface area contributed by atoms with Crippen LogP contribution in [0.15, 0.2) is 78.9 Å². The summed E-state index contributed by atoms with van der Waals surface area (Å²) >= 11 is 0. The average Bonchev–Trinajstić information content (AvgIpc) is 3.39. The molecule has 0 heterocycles. The van der Waals surface area contributed by atoms with Crippen molar-refractivity contribution in [3.8, 4) is 11.1 Å². The highest BCUT2D eigenvalue weighted by Crippen LogP contribution is 2.63. The molecule has 0 radical (unpaired) electrons. The lowest BCUT2D eigenvalue weighted by atomic mass is 9.98. The lowest BCUT2D eigenvalue weighted by molar-refractivity contribution is -0.143. The lowest BCUT2D eigenvalue weighted by Crippen LogP contribution is -2.50. The zero-order valence-corrected chi connectivity index (χ0v) is 23.1. The normalized spacial score (nSPS) is 22.8. The Morgan fingerprint density at radius 1 is 0.951 bits per heavy atom. The van der Waals surface area contributed by atoms with Gasteiger partial charge in [0.05, 0.1) is 5.41 Å². The van der Waals surface area contributed by atoms with E-state index in [9.17, 15) is 19.5 Å². The van der Waals surface area contributed by atoms with Crippen molar-refractivity contribution in [1.82, 2.24) is 15.5 Å². The fourth-order valence-electron chi connectivity index (χ4n) is 6.85. The second-order valence-corrected chi connectivity index (χ2v) is 11.7. The Labute approximate surface area is 239 Å². The molecule has 212 valence electrons. The highest BCUT2D eigenvalue weighted by molar-refractivity contribution is 5.90. The molecule has 2 saturated carbocycles. The molecule has 8 nitrogen and oxygen atoms in total. The molecule has 3 aliphatic rings. The summed E-state index contributed by atoms with van der Waals surface area (Å²) < 4.78 is 5.70. The number of amides is 2. The number of carbonyl (C=O) groups is 3. The minimum atomic E-state index is -1.06. The van der Waals surface area contributed by atoms with Gasteiger partial charge >= 0.3 is 12.1 Å². The second kappa shape index (κ2) is 11.0. The van der Waals surface area contributed by atoms with Crippen LogP contribution < -0.4 is 10.6 Å². The van der Waals surface area contributed by atoms with Crippen molar-refractivity contribution in [2.45, 2.75) is 43.8 Å². The van der Waals surface area contributed by atoms with E-state index < -0.39 is 23.5 Å². The molecule has 1 unspecified atom stereocenters. The molecule has 41 heavy (non-hydrogen) atoms. The highest BCUT2D eigenvalue weighted by atomic mass is 16.5. The van der Waals surface area contributed by atoms with Crippen LogP contribution in [0.25, 0.3) is 11.1 Å². The standard InChI is InChI=1S/C33H35N3O5/c1-36(18-21-9-3-2-4-10-21)19-29(30(37)38)35-31(39)33-16-22(33)15-23(17-33)34-32(40)41-20-28-26-13-7-5-11-24(26)25-12-6-8-14-27(25)28/h2-14,22-23,28-29H,15-20H2,1H3,(H,34,40)(H,35,39)(H,37,38)/t22-,23+,29?,33+/m0/s1. The number of likely N-dealkylation sites (N-methyl/N-ethyl adjacent to an activating group) is 1. The van der Waals surface area contributed by atoms with E-state index in [0.717, 1.165) is 16.7 Å². The van der Waals surface area contributed by atoms with E-state index in [1.54, 1.807) is 0 Å². The van der Waals surface area contributed by atoms with Gasteiger partial charge in [-0.05, 0) is 60.0 Å². The summed E-state index contributed by atoms with van der Waals surface area (Å²) in [5.74, 6) is -1.17. The van der Waals surface area contributed by atoms with Crippen LogP contribution in [0, 0.1) is 11.3 Å². The van der Waals surface area contributed by atoms with Crippen molar-refractivity contribution in [2.24, 2.45) is 11.3 Å². The summed E-state index contributed by atoms with van der Waals surface area (Å²) in [5, 5.41) is 15.6. The predicted molar refractivity (Wildman–Crippen MR) is 154 cm³/mol. The third kappa shape index (κ3) is 5.44. The van der Waals surface area contributed by atoms with Gasteiger partial charge in [0.1, 0.15) is 12.6 Å². The Balaban J connectivity index is 1.01. The summed E-state index contributed by atoms with van der Waals surface area (Å²) in [4.78, 5) is 40.0. The van der Waals surface area contributed by atoms with E-state index in [-0.39, 0.29) is 36.9 Å². The van der Waals surface area contributed by atoms with Gasteiger partial charge in [-0.3, -0.25) is 9.69 Å². The SMILES string of the molecule is CN(Cc1ccccc1)CC(NC(=O)[C@]12C[C@H](NC(=O)OCC3c4ccccc4-c4ccccc43)C[C@H]1C2)C(=O)O. The summed E-state index contributed by atoms with van der Waals surface area (Å²) in [7, 11) is 1.84. The van der Waals surface area contributed by atoms with Gasteiger partial charge in [-0.1, -0.05) is 78.9 Å². The van der Waals surface area contributed by atoms with Gasteiger partial charge < -0.3 is 20.5 Å². The van der Waals surface area contributed by atoms with E-state index in [1.165, 1.54) is 11.1 Å². The molecule has 0 aliphatic heterocycles. The number of aliphatic carboxylic acids is 1. The van der Waals surface area contributed by atoms with Crippen molar-refractivity contribution in [1.29, 1.82) is 0 Å². The smallest absolute Gasteiger partial charge is 0.407 e. The first-order valence-electron chi connectivity index (χ1n) is 14.2. The number of hydrogen-bond donors (Lipinski definition) is 3. The van der Waals surface area contributed by atoms with Crippen molar-refractivity contribution in [3.05, 3.63) is 95.6 Å². The van der Waals surface area contributed by atoms with Crippen LogP contribution >= 0.6 is 0 Å². The van der Waals surface area contributed by atoms with Gasteiger partial charge in [-0.2, -0.15) is 0 Å². The number of rotatable bonds is 10. The van der Waals surface area contributed by atoms with Crippen molar-refractivity contribution < 1.29 is 24.2 Å². The van der Waals surface area contributed by atoms with E-state index in [2.05, 4.69) is 34.9 Å². The van der Waals surface area contributed by atoms with E-state index in [1.807, 2.05) is 66.5 Å². The van der Waals surface area contributed by atoms with Crippen molar-refractivity contribution in [2.75, 3.05) is 20.2 Å². The molecule has 2 fully saturated rings. The van der Waals surface area contributed by atoms with Crippen LogP contribution in [0.2, 0.25) is 0 Å². The fourth-order valence-corrected chi connectivity index (χ4v) is 6.85. The zero-order chi connectivity index (χ0) is 28.6. The fraction of sp³-hybridized carbons (Fsp3) is 0.364. The minimum absolute atomic E-state index is 0.0183. The molecular weight excluding hydrogens is 518 g/mol.